The van der Waals surface area contributed by atoms with Crippen LogP contribution in [0.2, 0.25) is 0 Å². The Morgan fingerprint density at radius 3 is 2.95 bits per heavy atom. The molecule has 1 heterocycles. The van der Waals surface area contributed by atoms with Gasteiger partial charge >= 0.3 is 0 Å². The maximum absolute atomic E-state index is 3.71. The van der Waals surface area contributed by atoms with E-state index in [1.54, 1.807) is 0 Å². The minimum atomic E-state index is 0.420. The summed E-state index contributed by atoms with van der Waals surface area (Å²) in [6.07, 6.45) is 13.6. The molecule has 1 aromatic rings. The van der Waals surface area contributed by atoms with Crippen molar-refractivity contribution >= 4 is 45.4 Å². The van der Waals surface area contributed by atoms with E-state index in [0.29, 0.717) is 4.16 Å². The number of fused-ring (bicyclic) bond motifs is 2. The average molecular weight is 357 g/mol. The van der Waals surface area contributed by atoms with Crippen LogP contribution in [-0.4, -0.2) is 4.16 Å². The normalized spacial score (nSPS) is 22.0. The Bertz CT molecular complexity index is 853. The molecule has 0 N–H and O–H groups in total. The van der Waals surface area contributed by atoms with Gasteiger partial charge < -0.3 is 0 Å². The minimum Gasteiger partial charge on any atom is -0.106 e. The first-order chi connectivity index (χ1) is 10.1. The fourth-order valence-electron chi connectivity index (χ4n) is 3.45. The Morgan fingerprint density at radius 1 is 1.33 bits per heavy atom. The first kappa shape index (κ1) is 13.7. The Hall–Kier alpha value is -0.990. The lowest BCUT2D eigenvalue weighted by molar-refractivity contribution is 1.13. The van der Waals surface area contributed by atoms with Crippen LogP contribution in [0.25, 0.3) is 17.7 Å². The van der Waals surface area contributed by atoms with Gasteiger partial charge in [-0.25, -0.2) is 0 Å². The van der Waals surface area contributed by atoms with Crippen molar-refractivity contribution in [3.05, 3.63) is 57.0 Å². The highest BCUT2D eigenvalue weighted by Crippen LogP contribution is 2.34. The fraction of sp³-hybridized carbons (Fsp3) is 0.263. The van der Waals surface area contributed by atoms with Gasteiger partial charge in [-0.15, -0.1) is 11.8 Å². The largest absolute Gasteiger partial charge is 0.106 e. The van der Waals surface area contributed by atoms with E-state index >= 15 is 0 Å². The summed E-state index contributed by atoms with van der Waals surface area (Å²) in [7, 11) is 0. The molecule has 0 saturated heterocycles. The van der Waals surface area contributed by atoms with Crippen LogP contribution >= 0.6 is 27.7 Å². The lowest BCUT2D eigenvalue weighted by Gasteiger charge is -2.07. The summed E-state index contributed by atoms with van der Waals surface area (Å²) < 4.78 is 0.420. The molecule has 106 valence electrons. The van der Waals surface area contributed by atoms with Crippen molar-refractivity contribution in [2.24, 2.45) is 0 Å². The van der Waals surface area contributed by atoms with E-state index in [0.717, 1.165) is 12.8 Å². The van der Waals surface area contributed by atoms with Crippen molar-refractivity contribution in [3.63, 3.8) is 0 Å². The molecule has 0 radical (unpaired) electrons. The molecule has 0 bridgehead atoms. The van der Waals surface area contributed by atoms with Crippen molar-refractivity contribution < 1.29 is 0 Å². The van der Waals surface area contributed by atoms with E-state index in [1.165, 1.54) is 43.2 Å². The molecule has 1 atom stereocenters. The predicted molar refractivity (Wildman–Crippen MR) is 97.0 cm³/mol. The van der Waals surface area contributed by atoms with E-state index in [9.17, 15) is 0 Å². The van der Waals surface area contributed by atoms with Gasteiger partial charge in [0.1, 0.15) is 0 Å². The monoisotopic (exact) mass is 356 g/mol. The summed E-state index contributed by atoms with van der Waals surface area (Å²) >= 11 is 5.62. The average Bonchev–Trinajstić information content (AvgIpc) is 3.13. The number of rotatable bonds is 2. The Labute approximate surface area is 138 Å². The second-order valence-corrected chi connectivity index (χ2v) is 8.73. The third kappa shape index (κ3) is 2.20. The van der Waals surface area contributed by atoms with E-state index < -0.39 is 0 Å². The van der Waals surface area contributed by atoms with Gasteiger partial charge in [-0.05, 0) is 65.5 Å². The summed E-state index contributed by atoms with van der Waals surface area (Å²) in [6, 6.07) is 2.41. The van der Waals surface area contributed by atoms with E-state index in [4.69, 9.17) is 0 Å². The zero-order valence-corrected chi connectivity index (χ0v) is 14.6. The van der Waals surface area contributed by atoms with Gasteiger partial charge in [-0.2, -0.15) is 0 Å². The molecule has 4 rings (SSSR count). The van der Waals surface area contributed by atoms with Crippen LogP contribution in [0.3, 0.4) is 0 Å². The molecule has 2 heteroatoms. The molecular weight excluding hydrogens is 340 g/mol. The molecule has 3 aliphatic rings. The highest BCUT2D eigenvalue weighted by atomic mass is 79.9. The maximum atomic E-state index is 3.71. The summed E-state index contributed by atoms with van der Waals surface area (Å²) in [5, 5.41) is 2.88. The van der Waals surface area contributed by atoms with Gasteiger partial charge in [0.05, 0.1) is 4.16 Å². The molecule has 1 unspecified atom stereocenters. The van der Waals surface area contributed by atoms with Gasteiger partial charge in [0, 0.05) is 4.90 Å². The third-order valence-corrected chi connectivity index (χ3v) is 6.37. The molecular formula is C19H17BrS. The smallest absolute Gasteiger partial charge is 0.0836 e. The van der Waals surface area contributed by atoms with Gasteiger partial charge in [-0.1, -0.05) is 51.9 Å². The van der Waals surface area contributed by atoms with Crippen molar-refractivity contribution in [2.45, 2.75) is 35.7 Å². The molecule has 0 saturated carbocycles. The lowest BCUT2D eigenvalue weighted by Crippen LogP contribution is -2.18. The van der Waals surface area contributed by atoms with Crippen molar-refractivity contribution in [1.29, 1.82) is 0 Å². The highest BCUT2D eigenvalue weighted by molar-refractivity contribution is 9.11. The standard InChI is InChI=1S/C19H17BrS/c1-11-7-15-12(2)16-10-19(20)21-18(16)9-17(15)14(11)8-13-5-3-4-6-13/h3-5,7,9-10,19H,6,8H2,1-2H3. The van der Waals surface area contributed by atoms with Crippen LogP contribution in [0.4, 0.5) is 0 Å². The number of benzene rings is 1. The first-order valence-corrected chi connectivity index (χ1v) is 9.15. The van der Waals surface area contributed by atoms with E-state index in [-0.39, 0.29) is 0 Å². The van der Waals surface area contributed by atoms with Gasteiger partial charge in [0.15, 0.2) is 0 Å². The van der Waals surface area contributed by atoms with Gasteiger partial charge in [0.2, 0.25) is 0 Å². The fourth-order valence-corrected chi connectivity index (χ4v) is 5.29. The molecule has 21 heavy (non-hydrogen) atoms. The maximum Gasteiger partial charge on any atom is 0.0836 e. The van der Waals surface area contributed by atoms with Gasteiger partial charge in [0.25, 0.3) is 0 Å². The highest BCUT2D eigenvalue weighted by Gasteiger charge is 2.21. The number of hydrogen-bond acceptors (Lipinski definition) is 1. The van der Waals surface area contributed by atoms with E-state index in [2.05, 4.69) is 66.2 Å². The zero-order valence-electron chi connectivity index (χ0n) is 12.2. The van der Waals surface area contributed by atoms with Crippen LogP contribution in [0.15, 0.2) is 40.3 Å². The third-order valence-electron chi connectivity index (χ3n) is 4.59. The summed E-state index contributed by atoms with van der Waals surface area (Å²) in [4.78, 5) is 1.42. The lowest BCUT2D eigenvalue weighted by atomic mass is 9.99. The second kappa shape index (κ2) is 5.03. The first-order valence-electron chi connectivity index (χ1n) is 7.36. The molecule has 0 spiro atoms. The number of thioether (sulfide) groups is 1. The van der Waals surface area contributed by atoms with Crippen LogP contribution in [0, 0.1) is 6.92 Å². The second-order valence-electron chi connectivity index (χ2n) is 5.95. The van der Waals surface area contributed by atoms with Crippen LogP contribution in [0.5, 0.6) is 0 Å². The minimum absolute atomic E-state index is 0.420. The molecule has 0 amide bonds. The molecule has 1 aromatic carbocycles. The van der Waals surface area contributed by atoms with Crippen molar-refractivity contribution in [3.8, 4) is 0 Å². The number of halogens is 1. The molecule has 0 aromatic heterocycles. The van der Waals surface area contributed by atoms with Crippen LogP contribution in [0.1, 0.15) is 30.9 Å². The summed E-state index contributed by atoms with van der Waals surface area (Å²) in [5.41, 5.74) is 7.35. The molecule has 2 aliphatic carbocycles. The topological polar surface area (TPSA) is 0 Å². The Morgan fingerprint density at radius 2 is 2.19 bits per heavy atom. The molecule has 0 nitrogen and oxygen atoms in total. The summed E-state index contributed by atoms with van der Waals surface area (Å²) in [5.74, 6) is 0. The van der Waals surface area contributed by atoms with Crippen molar-refractivity contribution in [2.75, 3.05) is 0 Å². The number of alkyl halides is 1. The van der Waals surface area contributed by atoms with Crippen LogP contribution < -0.4 is 10.4 Å². The quantitative estimate of drug-likeness (QED) is 0.705. The number of allylic oxidation sites excluding steroid dienone is 5. The molecule has 0 fully saturated rings. The van der Waals surface area contributed by atoms with E-state index in [1.807, 2.05) is 11.8 Å². The zero-order chi connectivity index (χ0) is 14.6. The van der Waals surface area contributed by atoms with Gasteiger partial charge in [-0.3, -0.25) is 0 Å². The summed E-state index contributed by atoms with van der Waals surface area (Å²) in [6.45, 7) is 4.52. The molecule has 1 aliphatic heterocycles. The predicted octanol–water partition coefficient (Wildman–Crippen LogP) is 4.45. The Balaban J connectivity index is 1.90. The van der Waals surface area contributed by atoms with Crippen molar-refractivity contribution in [1.82, 2.24) is 0 Å². The SMILES string of the molecule is CC1=Cc2c(C)c3c(cc2=C1CC1=CC=CC1)SC(Br)C=3. The number of hydrogen-bond donors (Lipinski definition) is 0. The van der Waals surface area contributed by atoms with Crippen LogP contribution in [-0.2, 0) is 0 Å². The Kier molecular flexibility index (Phi) is 3.27.